The quantitative estimate of drug-likeness (QED) is 0.438. The van der Waals surface area contributed by atoms with E-state index >= 15 is 0 Å². The molecule has 0 amide bonds. The van der Waals surface area contributed by atoms with E-state index in [1.807, 2.05) is 6.07 Å². The van der Waals surface area contributed by atoms with Crippen LogP contribution in [0.5, 0.6) is 0 Å². The molecule has 3 heteroatoms. The fourth-order valence-corrected chi connectivity index (χ4v) is 2.53. The van der Waals surface area contributed by atoms with Gasteiger partial charge >= 0.3 is 0 Å². The molecule has 0 aliphatic heterocycles. The molecule has 17 heavy (non-hydrogen) atoms. The first-order chi connectivity index (χ1) is 8.02. The van der Waals surface area contributed by atoms with Crippen LogP contribution >= 0.6 is 0 Å². The lowest BCUT2D eigenvalue weighted by Gasteiger charge is -2.26. The van der Waals surface area contributed by atoms with Gasteiger partial charge in [-0.3, -0.25) is 10.1 Å². The first-order valence-corrected chi connectivity index (χ1v) is 5.98. The van der Waals surface area contributed by atoms with Gasteiger partial charge in [0.2, 0.25) is 0 Å². The smallest absolute Gasteiger partial charge is 0.258 e. The Hall–Kier alpha value is -1.64. The highest BCUT2D eigenvalue weighted by Gasteiger charge is 2.29. The van der Waals surface area contributed by atoms with Crippen LogP contribution in [0.1, 0.15) is 43.7 Å². The maximum Gasteiger partial charge on any atom is 0.273 e. The summed E-state index contributed by atoms with van der Waals surface area (Å²) in [6, 6.07) is 5.40. The van der Waals surface area contributed by atoms with E-state index in [9.17, 15) is 10.1 Å². The lowest BCUT2D eigenvalue weighted by atomic mass is 9.77. The molecule has 2 atom stereocenters. The summed E-state index contributed by atoms with van der Waals surface area (Å²) in [5.41, 5.74) is 2.26. The minimum Gasteiger partial charge on any atom is -0.258 e. The fourth-order valence-electron chi connectivity index (χ4n) is 2.53. The second kappa shape index (κ2) is 4.32. The Balaban J connectivity index is 2.64. The Morgan fingerprint density at radius 1 is 1.29 bits per heavy atom. The second-order valence-electron chi connectivity index (χ2n) is 4.98. The monoisotopic (exact) mass is 231 g/mol. The zero-order valence-corrected chi connectivity index (χ0v) is 10.4. The molecule has 0 aromatic heterocycles. The van der Waals surface area contributed by atoms with Crippen molar-refractivity contribution in [3.8, 4) is 0 Å². The van der Waals surface area contributed by atoms with Crippen LogP contribution in [-0.2, 0) is 0 Å². The molecule has 3 nitrogen and oxygen atoms in total. The number of nitro groups is 1. The molecule has 1 aromatic carbocycles. The van der Waals surface area contributed by atoms with Gasteiger partial charge in [0.05, 0.1) is 4.92 Å². The van der Waals surface area contributed by atoms with Crippen LogP contribution < -0.4 is 0 Å². The molecular weight excluding hydrogens is 214 g/mol. The van der Waals surface area contributed by atoms with Gasteiger partial charge in [-0.1, -0.05) is 45.1 Å². The van der Waals surface area contributed by atoms with Crippen molar-refractivity contribution in [2.45, 2.75) is 32.6 Å². The number of hydrogen-bond acceptors (Lipinski definition) is 2. The standard InChI is InChI=1S/C14H17NO2/c1-9(2)11-8-7-10(3)12-5-4-6-13(14(11)12)15(16)17/h4-11H,1-3H3. The maximum absolute atomic E-state index is 11.1. The van der Waals surface area contributed by atoms with E-state index < -0.39 is 0 Å². The summed E-state index contributed by atoms with van der Waals surface area (Å²) in [7, 11) is 0. The van der Waals surface area contributed by atoms with Crippen LogP contribution in [0.4, 0.5) is 5.69 Å². The van der Waals surface area contributed by atoms with E-state index in [1.165, 1.54) is 0 Å². The van der Waals surface area contributed by atoms with Crippen LogP contribution in [-0.4, -0.2) is 4.92 Å². The van der Waals surface area contributed by atoms with Crippen molar-refractivity contribution in [2.24, 2.45) is 5.92 Å². The van der Waals surface area contributed by atoms with Crippen LogP contribution in [0, 0.1) is 16.0 Å². The highest BCUT2D eigenvalue weighted by Crippen LogP contribution is 2.42. The zero-order valence-electron chi connectivity index (χ0n) is 10.4. The molecule has 90 valence electrons. The molecule has 0 radical (unpaired) electrons. The van der Waals surface area contributed by atoms with Gasteiger partial charge in [0, 0.05) is 17.5 Å². The highest BCUT2D eigenvalue weighted by atomic mass is 16.6. The topological polar surface area (TPSA) is 43.1 Å². The van der Waals surface area contributed by atoms with Gasteiger partial charge in [0.1, 0.15) is 0 Å². The van der Waals surface area contributed by atoms with Gasteiger partial charge in [0.25, 0.3) is 5.69 Å². The van der Waals surface area contributed by atoms with Crippen molar-refractivity contribution < 1.29 is 4.92 Å². The van der Waals surface area contributed by atoms with E-state index in [-0.39, 0.29) is 22.4 Å². The van der Waals surface area contributed by atoms with Crippen molar-refractivity contribution in [3.05, 3.63) is 51.6 Å². The summed E-state index contributed by atoms with van der Waals surface area (Å²) in [5.74, 6) is 0.793. The van der Waals surface area contributed by atoms with E-state index in [0.29, 0.717) is 5.92 Å². The average molecular weight is 231 g/mol. The van der Waals surface area contributed by atoms with Crippen LogP contribution in [0.2, 0.25) is 0 Å². The number of nitrogens with zero attached hydrogens (tertiary/aromatic N) is 1. The third kappa shape index (κ3) is 1.97. The SMILES string of the molecule is CC1C=CC(C(C)C)c2c1cccc2[N+](=O)[O-]. The van der Waals surface area contributed by atoms with Crippen LogP contribution in [0.15, 0.2) is 30.4 Å². The number of nitro benzene ring substituents is 1. The van der Waals surface area contributed by atoms with Gasteiger partial charge in [-0.2, -0.15) is 0 Å². The molecule has 0 fully saturated rings. The summed E-state index contributed by atoms with van der Waals surface area (Å²) in [6.07, 6.45) is 4.27. The third-order valence-electron chi connectivity index (χ3n) is 3.46. The molecule has 1 aromatic rings. The molecule has 1 aliphatic carbocycles. The number of fused-ring (bicyclic) bond motifs is 1. The minimum absolute atomic E-state index is 0.155. The molecule has 2 rings (SSSR count). The Morgan fingerprint density at radius 3 is 2.59 bits per heavy atom. The average Bonchev–Trinajstić information content (AvgIpc) is 2.28. The van der Waals surface area contributed by atoms with Crippen molar-refractivity contribution in [2.75, 3.05) is 0 Å². The Morgan fingerprint density at radius 2 is 2.00 bits per heavy atom. The lowest BCUT2D eigenvalue weighted by molar-refractivity contribution is -0.385. The van der Waals surface area contributed by atoms with Gasteiger partial charge in [-0.15, -0.1) is 0 Å². The number of benzene rings is 1. The molecule has 1 aliphatic rings. The summed E-state index contributed by atoms with van der Waals surface area (Å²) >= 11 is 0. The Kier molecular flexibility index (Phi) is 3.01. The lowest BCUT2D eigenvalue weighted by Crippen LogP contribution is -2.14. The van der Waals surface area contributed by atoms with E-state index in [1.54, 1.807) is 12.1 Å². The summed E-state index contributed by atoms with van der Waals surface area (Å²) in [4.78, 5) is 10.9. The van der Waals surface area contributed by atoms with Crippen molar-refractivity contribution in [1.29, 1.82) is 0 Å². The third-order valence-corrected chi connectivity index (χ3v) is 3.46. The van der Waals surface area contributed by atoms with Crippen LogP contribution in [0.25, 0.3) is 0 Å². The van der Waals surface area contributed by atoms with Gasteiger partial charge in [0.15, 0.2) is 0 Å². The van der Waals surface area contributed by atoms with Crippen molar-refractivity contribution in [3.63, 3.8) is 0 Å². The predicted molar refractivity (Wildman–Crippen MR) is 68.2 cm³/mol. The Bertz CT molecular complexity index is 477. The zero-order chi connectivity index (χ0) is 12.6. The largest absolute Gasteiger partial charge is 0.273 e. The molecule has 0 N–H and O–H groups in total. The number of rotatable bonds is 2. The normalized spacial score (nSPS) is 22.6. The van der Waals surface area contributed by atoms with Gasteiger partial charge in [-0.05, 0) is 17.4 Å². The predicted octanol–water partition coefficient (Wildman–Crippen LogP) is 4.01. The van der Waals surface area contributed by atoms with Crippen LogP contribution in [0.3, 0.4) is 0 Å². The molecule has 2 unspecified atom stereocenters. The summed E-state index contributed by atoms with van der Waals surface area (Å²) < 4.78 is 0. The maximum atomic E-state index is 11.1. The first kappa shape index (κ1) is 11.8. The fraction of sp³-hybridized carbons (Fsp3) is 0.429. The molecule has 0 bridgehead atoms. The molecular formula is C14H17NO2. The van der Waals surface area contributed by atoms with E-state index in [4.69, 9.17) is 0 Å². The molecule has 0 saturated carbocycles. The first-order valence-electron chi connectivity index (χ1n) is 5.98. The number of allylic oxidation sites excluding steroid dienone is 2. The van der Waals surface area contributed by atoms with Crippen molar-refractivity contribution >= 4 is 5.69 Å². The van der Waals surface area contributed by atoms with Gasteiger partial charge in [-0.25, -0.2) is 0 Å². The highest BCUT2D eigenvalue weighted by molar-refractivity contribution is 5.53. The second-order valence-corrected chi connectivity index (χ2v) is 4.98. The van der Waals surface area contributed by atoms with E-state index in [0.717, 1.165) is 11.1 Å². The summed E-state index contributed by atoms with van der Waals surface area (Å²) in [6.45, 7) is 6.28. The molecule has 0 saturated heterocycles. The summed E-state index contributed by atoms with van der Waals surface area (Å²) in [5, 5.41) is 11.1. The Labute approximate surface area is 101 Å². The van der Waals surface area contributed by atoms with Crippen molar-refractivity contribution in [1.82, 2.24) is 0 Å². The van der Waals surface area contributed by atoms with Gasteiger partial charge < -0.3 is 0 Å². The molecule has 0 heterocycles. The number of hydrogen-bond donors (Lipinski definition) is 0. The molecule has 0 spiro atoms. The minimum atomic E-state index is -0.264. The van der Waals surface area contributed by atoms with E-state index in [2.05, 4.69) is 32.9 Å².